The van der Waals surface area contributed by atoms with E-state index in [2.05, 4.69) is 15.3 Å². The van der Waals surface area contributed by atoms with Gasteiger partial charge in [0.2, 0.25) is 0 Å². The minimum Gasteiger partial charge on any atom is -0.459 e. The molecule has 0 radical (unpaired) electrons. The number of para-hydroxylation sites is 1. The topological polar surface area (TPSA) is 114 Å². The number of amides is 1. The van der Waals surface area contributed by atoms with Crippen molar-refractivity contribution in [3.05, 3.63) is 87.6 Å². The number of carbonyl (C=O) groups excluding carboxylic acids is 2. The number of aryl methyl sites for hydroxylation is 1. The van der Waals surface area contributed by atoms with Gasteiger partial charge in [0.1, 0.15) is 17.3 Å². The molecule has 4 aromatic rings. The van der Waals surface area contributed by atoms with Gasteiger partial charge < -0.3 is 19.5 Å². The number of rotatable bonds is 9. The number of halogens is 1. The number of nitrogens with zero attached hydrogens (tertiary/aromatic N) is 1. The van der Waals surface area contributed by atoms with Crippen molar-refractivity contribution in [2.24, 2.45) is 0 Å². The molecule has 1 amide bonds. The zero-order valence-corrected chi connectivity index (χ0v) is 18.9. The number of carbonyl (C=O) groups is 2. The molecule has 174 valence electrons. The van der Waals surface area contributed by atoms with E-state index in [1.807, 2.05) is 24.3 Å². The fourth-order valence-electron chi connectivity index (χ4n) is 3.35. The lowest BCUT2D eigenvalue weighted by Crippen LogP contribution is -2.28. The molecule has 2 heterocycles. The van der Waals surface area contributed by atoms with Crippen molar-refractivity contribution >= 4 is 34.4 Å². The second-order valence-corrected chi connectivity index (χ2v) is 8.03. The van der Waals surface area contributed by atoms with Gasteiger partial charge in [-0.05, 0) is 55.0 Å². The minimum absolute atomic E-state index is 0.104. The average Bonchev–Trinajstić information content (AvgIpc) is 3.31. The Morgan fingerprint density at radius 3 is 2.68 bits per heavy atom. The molecule has 0 aliphatic rings. The Morgan fingerprint density at radius 1 is 1.06 bits per heavy atom. The van der Waals surface area contributed by atoms with Gasteiger partial charge >= 0.3 is 5.97 Å². The number of esters is 1. The van der Waals surface area contributed by atoms with Gasteiger partial charge in [-0.1, -0.05) is 23.7 Å². The van der Waals surface area contributed by atoms with E-state index >= 15 is 0 Å². The highest BCUT2D eigenvalue weighted by atomic mass is 35.5. The maximum absolute atomic E-state index is 12.1. The van der Waals surface area contributed by atoms with Gasteiger partial charge in [-0.2, -0.15) is 0 Å². The summed E-state index contributed by atoms with van der Waals surface area (Å²) in [7, 11) is 0. The lowest BCUT2D eigenvalue weighted by molar-refractivity contribution is -0.148. The summed E-state index contributed by atoms with van der Waals surface area (Å²) in [6, 6.07) is 17.9. The Bertz CT molecular complexity index is 1360. The number of fused-ring (bicyclic) bond motifs is 1. The van der Waals surface area contributed by atoms with Crippen molar-refractivity contribution < 1.29 is 18.7 Å². The summed E-state index contributed by atoms with van der Waals surface area (Å²) in [6.07, 6.45) is 0.948. The molecule has 0 unspecified atom stereocenters. The first-order valence-corrected chi connectivity index (χ1v) is 11.1. The van der Waals surface area contributed by atoms with Crippen LogP contribution in [0.15, 0.2) is 69.9 Å². The number of hydrogen-bond acceptors (Lipinski definition) is 6. The number of hydrogen-bond donors (Lipinski definition) is 2. The zero-order chi connectivity index (χ0) is 23.9. The molecule has 8 nitrogen and oxygen atoms in total. The molecule has 0 fully saturated rings. The molecule has 0 atom stereocenters. The van der Waals surface area contributed by atoms with Crippen LogP contribution >= 0.6 is 11.6 Å². The molecule has 2 N–H and O–H groups in total. The highest BCUT2D eigenvalue weighted by Gasteiger charge is 2.11. The molecule has 0 saturated carbocycles. The Labute approximate surface area is 199 Å². The fraction of sp³-hybridized carbons (Fsp3) is 0.200. The van der Waals surface area contributed by atoms with Gasteiger partial charge in [0.15, 0.2) is 6.61 Å². The highest BCUT2D eigenvalue weighted by Crippen LogP contribution is 2.23. The Balaban J connectivity index is 1.17. The van der Waals surface area contributed by atoms with Crippen molar-refractivity contribution in [3.8, 4) is 11.3 Å². The fourth-order valence-corrected chi connectivity index (χ4v) is 3.48. The summed E-state index contributed by atoms with van der Waals surface area (Å²) >= 11 is 5.89. The van der Waals surface area contributed by atoms with Crippen LogP contribution < -0.4 is 10.9 Å². The van der Waals surface area contributed by atoms with Crippen molar-refractivity contribution in [1.29, 1.82) is 0 Å². The van der Waals surface area contributed by atoms with Gasteiger partial charge in [-0.25, -0.2) is 4.98 Å². The van der Waals surface area contributed by atoms with E-state index in [0.717, 1.165) is 5.56 Å². The van der Waals surface area contributed by atoms with E-state index in [1.165, 1.54) is 0 Å². The maximum Gasteiger partial charge on any atom is 0.306 e. The number of furan rings is 1. The smallest absolute Gasteiger partial charge is 0.306 e. The summed E-state index contributed by atoms with van der Waals surface area (Å²) in [5.41, 5.74) is 1.27. The minimum atomic E-state index is -0.499. The number of aromatic nitrogens is 2. The molecule has 0 aliphatic heterocycles. The summed E-state index contributed by atoms with van der Waals surface area (Å²) in [6.45, 7) is -0.209. The summed E-state index contributed by atoms with van der Waals surface area (Å²) < 4.78 is 10.7. The monoisotopic (exact) mass is 479 g/mol. The molecular formula is C25H22ClN3O5. The standard InChI is InChI=1S/C25H22ClN3O5/c26-17-10-8-16(9-11-17)21-13-12-18(34-21)14-27-23(30)15-33-24(31)7-3-6-22-28-20-5-2-1-4-19(20)25(32)29-22/h1-2,4-5,8-13H,3,6-7,14-15H2,(H,27,30)(H,28,29,32). The first-order valence-electron chi connectivity index (χ1n) is 10.7. The van der Waals surface area contributed by atoms with Crippen LogP contribution in [0.2, 0.25) is 5.02 Å². The SMILES string of the molecule is O=C(COC(=O)CCCc1nc2ccccc2c(=O)[nH]1)NCc1ccc(-c2ccc(Cl)cc2)o1. The second-order valence-electron chi connectivity index (χ2n) is 7.59. The molecule has 0 bridgehead atoms. The van der Waals surface area contributed by atoms with Crippen LogP contribution in [0.3, 0.4) is 0 Å². The molecule has 9 heteroatoms. The number of ether oxygens (including phenoxy) is 1. The van der Waals surface area contributed by atoms with Crippen LogP contribution in [0.4, 0.5) is 0 Å². The molecule has 34 heavy (non-hydrogen) atoms. The Morgan fingerprint density at radius 2 is 1.85 bits per heavy atom. The second kappa shape index (κ2) is 10.8. The van der Waals surface area contributed by atoms with Gasteiger partial charge in [0, 0.05) is 23.4 Å². The first kappa shape index (κ1) is 23.3. The van der Waals surface area contributed by atoms with Crippen LogP contribution in [-0.2, 0) is 27.3 Å². The lowest BCUT2D eigenvalue weighted by atomic mass is 10.2. The van der Waals surface area contributed by atoms with Crippen LogP contribution in [-0.4, -0.2) is 28.5 Å². The van der Waals surface area contributed by atoms with E-state index in [1.54, 1.807) is 36.4 Å². The zero-order valence-electron chi connectivity index (χ0n) is 18.2. The summed E-state index contributed by atoms with van der Waals surface area (Å²) in [5.74, 6) is 0.807. The van der Waals surface area contributed by atoms with E-state index in [-0.39, 0.29) is 25.1 Å². The predicted molar refractivity (Wildman–Crippen MR) is 127 cm³/mol. The number of aromatic amines is 1. The third kappa shape index (κ3) is 6.11. The lowest BCUT2D eigenvalue weighted by Gasteiger charge is -2.06. The quantitative estimate of drug-likeness (QED) is 0.350. The van der Waals surface area contributed by atoms with Crippen LogP contribution in [0, 0.1) is 0 Å². The largest absolute Gasteiger partial charge is 0.459 e. The van der Waals surface area contributed by atoms with Gasteiger partial charge in [0.05, 0.1) is 17.4 Å². The van der Waals surface area contributed by atoms with Crippen molar-refractivity contribution in [2.75, 3.05) is 6.61 Å². The number of H-pyrrole nitrogens is 1. The van der Waals surface area contributed by atoms with Crippen molar-refractivity contribution in [3.63, 3.8) is 0 Å². The van der Waals surface area contributed by atoms with Crippen LogP contribution in [0.1, 0.15) is 24.4 Å². The third-order valence-electron chi connectivity index (χ3n) is 5.07. The summed E-state index contributed by atoms with van der Waals surface area (Å²) in [5, 5.41) is 3.81. The van der Waals surface area contributed by atoms with Gasteiger partial charge in [0.25, 0.3) is 11.5 Å². The molecular weight excluding hydrogens is 458 g/mol. The molecule has 2 aromatic carbocycles. The van der Waals surface area contributed by atoms with Gasteiger partial charge in [-0.3, -0.25) is 14.4 Å². The first-order chi connectivity index (χ1) is 16.5. The molecule has 0 spiro atoms. The van der Waals surface area contributed by atoms with Crippen molar-refractivity contribution in [2.45, 2.75) is 25.8 Å². The molecule has 0 aliphatic carbocycles. The summed E-state index contributed by atoms with van der Waals surface area (Å²) in [4.78, 5) is 43.2. The molecule has 4 rings (SSSR count). The van der Waals surface area contributed by atoms with E-state index < -0.39 is 11.9 Å². The van der Waals surface area contributed by atoms with E-state index in [9.17, 15) is 14.4 Å². The normalized spacial score (nSPS) is 10.9. The number of nitrogens with one attached hydrogen (secondary N) is 2. The molecule has 0 saturated heterocycles. The average molecular weight is 480 g/mol. The van der Waals surface area contributed by atoms with Crippen LogP contribution in [0.25, 0.3) is 22.2 Å². The van der Waals surface area contributed by atoms with Crippen LogP contribution in [0.5, 0.6) is 0 Å². The van der Waals surface area contributed by atoms with Crippen molar-refractivity contribution in [1.82, 2.24) is 15.3 Å². The third-order valence-corrected chi connectivity index (χ3v) is 5.32. The number of benzene rings is 2. The Hall–Kier alpha value is -3.91. The maximum atomic E-state index is 12.1. The highest BCUT2D eigenvalue weighted by molar-refractivity contribution is 6.30. The van der Waals surface area contributed by atoms with Gasteiger partial charge in [-0.15, -0.1) is 0 Å². The molecule has 2 aromatic heterocycles. The Kier molecular flexibility index (Phi) is 7.39. The predicted octanol–water partition coefficient (Wildman–Crippen LogP) is 4.02. The van der Waals surface area contributed by atoms with E-state index in [0.29, 0.717) is 46.1 Å². The van der Waals surface area contributed by atoms with E-state index in [4.69, 9.17) is 20.8 Å².